The normalized spacial score (nSPS) is 17.9. The van der Waals surface area contributed by atoms with Gasteiger partial charge in [0, 0.05) is 25.8 Å². The second-order valence-corrected chi connectivity index (χ2v) is 5.39. The van der Waals surface area contributed by atoms with E-state index in [2.05, 4.69) is 10.3 Å². The molecule has 0 spiro atoms. The molecular formula is C14H20FN3O2. The van der Waals surface area contributed by atoms with Gasteiger partial charge in [-0.2, -0.15) is 0 Å². The van der Waals surface area contributed by atoms with Gasteiger partial charge in [0.25, 0.3) is 5.91 Å². The molecule has 2 rings (SSSR count). The van der Waals surface area contributed by atoms with Crippen LogP contribution in [0, 0.1) is 5.82 Å². The minimum atomic E-state index is -0.594. The van der Waals surface area contributed by atoms with Gasteiger partial charge in [-0.3, -0.25) is 4.79 Å². The molecule has 20 heavy (non-hydrogen) atoms. The number of nitrogens with one attached hydrogen (secondary N) is 1. The monoisotopic (exact) mass is 281 g/mol. The van der Waals surface area contributed by atoms with E-state index in [1.807, 2.05) is 20.8 Å². The van der Waals surface area contributed by atoms with E-state index >= 15 is 0 Å². The molecule has 0 aromatic carbocycles. The Balaban J connectivity index is 2.23. The van der Waals surface area contributed by atoms with Crippen molar-refractivity contribution in [2.75, 3.05) is 31.6 Å². The van der Waals surface area contributed by atoms with Crippen molar-refractivity contribution in [3.8, 4) is 0 Å². The highest BCUT2D eigenvalue weighted by Gasteiger charge is 2.31. The Labute approximate surface area is 118 Å². The Hall–Kier alpha value is -1.69. The molecule has 1 aliphatic heterocycles. The Morgan fingerprint density at radius 1 is 1.60 bits per heavy atom. The third-order valence-corrected chi connectivity index (χ3v) is 3.18. The first kappa shape index (κ1) is 14.7. The number of anilines is 1. The third-order valence-electron chi connectivity index (χ3n) is 3.18. The quantitative estimate of drug-likeness (QED) is 0.919. The lowest BCUT2D eigenvalue weighted by molar-refractivity contribution is -0.0764. The molecule has 2 heterocycles. The molecule has 1 aliphatic rings. The number of rotatable bonds is 3. The van der Waals surface area contributed by atoms with Crippen molar-refractivity contribution in [3.05, 3.63) is 23.6 Å². The maximum absolute atomic E-state index is 14.3. The largest absolute Gasteiger partial charge is 0.372 e. The number of nitrogens with zero attached hydrogens (tertiary/aromatic N) is 2. The van der Waals surface area contributed by atoms with E-state index in [0.29, 0.717) is 26.2 Å². The highest BCUT2D eigenvalue weighted by molar-refractivity contribution is 5.95. The molecule has 1 aromatic rings. The predicted molar refractivity (Wildman–Crippen MR) is 74.3 cm³/mol. The highest BCUT2D eigenvalue weighted by atomic mass is 19.1. The number of ether oxygens (including phenoxy) is 1. The van der Waals surface area contributed by atoms with Gasteiger partial charge in [0.05, 0.1) is 17.8 Å². The van der Waals surface area contributed by atoms with Crippen LogP contribution in [0.5, 0.6) is 0 Å². The number of pyridine rings is 1. The summed E-state index contributed by atoms with van der Waals surface area (Å²) >= 11 is 0. The Kier molecular flexibility index (Phi) is 4.23. The number of carbonyl (C=O) groups excluding carboxylic acids is 1. The molecule has 6 heteroatoms. The molecule has 5 nitrogen and oxygen atoms in total. The zero-order valence-electron chi connectivity index (χ0n) is 12.1. The van der Waals surface area contributed by atoms with Gasteiger partial charge in [-0.25, -0.2) is 9.37 Å². The first-order chi connectivity index (χ1) is 9.44. The van der Waals surface area contributed by atoms with E-state index in [0.717, 1.165) is 0 Å². The van der Waals surface area contributed by atoms with Crippen LogP contribution in [0.4, 0.5) is 10.2 Å². The lowest BCUT2D eigenvalue weighted by Crippen LogP contribution is -2.50. The van der Waals surface area contributed by atoms with Gasteiger partial charge in [-0.1, -0.05) is 0 Å². The molecule has 1 aromatic heterocycles. The van der Waals surface area contributed by atoms with Crippen LogP contribution in [0.2, 0.25) is 0 Å². The van der Waals surface area contributed by atoms with Crippen molar-refractivity contribution in [1.29, 1.82) is 0 Å². The molecule has 0 unspecified atom stereocenters. The summed E-state index contributed by atoms with van der Waals surface area (Å²) in [6.07, 6.45) is 1.44. The van der Waals surface area contributed by atoms with Crippen LogP contribution in [-0.2, 0) is 4.74 Å². The molecule has 0 atom stereocenters. The van der Waals surface area contributed by atoms with Crippen LogP contribution >= 0.6 is 0 Å². The van der Waals surface area contributed by atoms with E-state index in [-0.39, 0.29) is 17.3 Å². The summed E-state index contributed by atoms with van der Waals surface area (Å²) in [4.78, 5) is 18.0. The van der Waals surface area contributed by atoms with Gasteiger partial charge in [-0.05, 0) is 26.8 Å². The van der Waals surface area contributed by atoms with E-state index in [4.69, 9.17) is 4.74 Å². The number of aromatic nitrogens is 1. The second kappa shape index (κ2) is 5.75. The van der Waals surface area contributed by atoms with Crippen molar-refractivity contribution in [3.63, 3.8) is 0 Å². The van der Waals surface area contributed by atoms with Crippen LogP contribution in [0.3, 0.4) is 0 Å². The summed E-state index contributed by atoms with van der Waals surface area (Å²) in [5.41, 5.74) is -0.351. The molecule has 1 amide bonds. The first-order valence-corrected chi connectivity index (χ1v) is 6.76. The summed E-state index contributed by atoms with van der Waals surface area (Å²) in [6, 6.07) is 1.42. The zero-order chi connectivity index (χ0) is 14.8. The minimum Gasteiger partial charge on any atom is -0.372 e. The Morgan fingerprint density at radius 2 is 2.35 bits per heavy atom. The SMILES string of the molecule is CCNc1nccc(C(=O)N2CCOC(C)(C)C2)c1F. The number of hydrogen-bond acceptors (Lipinski definition) is 4. The fourth-order valence-corrected chi connectivity index (χ4v) is 2.26. The fourth-order valence-electron chi connectivity index (χ4n) is 2.26. The van der Waals surface area contributed by atoms with Gasteiger partial charge in [-0.15, -0.1) is 0 Å². The molecule has 110 valence electrons. The minimum absolute atomic E-state index is 0.0497. The number of morpholine rings is 1. The molecule has 1 fully saturated rings. The van der Waals surface area contributed by atoms with Gasteiger partial charge < -0.3 is 15.0 Å². The maximum Gasteiger partial charge on any atom is 0.257 e. The lowest BCUT2D eigenvalue weighted by atomic mass is 10.1. The molecule has 0 radical (unpaired) electrons. The summed E-state index contributed by atoms with van der Waals surface area (Å²) in [5, 5.41) is 2.81. The van der Waals surface area contributed by atoms with Gasteiger partial charge in [0.1, 0.15) is 0 Å². The average Bonchev–Trinajstić information content (AvgIpc) is 2.39. The Morgan fingerprint density at radius 3 is 3.00 bits per heavy atom. The van der Waals surface area contributed by atoms with Gasteiger partial charge >= 0.3 is 0 Å². The molecule has 1 N–H and O–H groups in total. The van der Waals surface area contributed by atoms with Crippen molar-refractivity contribution in [1.82, 2.24) is 9.88 Å². The molecule has 0 bridgehead atoms. The van der Waals surface area contributed by atoms with Crippen LogP contribution in [-0.4, -0.2) is 47.6 Å². The van der Waals surface area contributed by atoms with Crippen molar-refractivity contribution in [2.45, 2.75) is 26.4 Å². The number of hydrogen-bond donors (Lipinski definition) is 1. The van der Waals surface area contributed by atoms with E-state index in [9.17, 15) is 9.18 Å². The van der Waals surface area contributed by atoms with Crippen LogP contribution in [0.25, 0.3) is 0 Å². The molecule has 1 saturated heterocycles. The summed E-state index contributed by atoms with van der Waals surface area (Å²) in [6.45, 7) is 7.61. The summed E-state index contributed by atoms with van der Waals surface area (Å²) < 4.78 is 19.8. The average molecular weight is 281 g/mol. The third kappa shape index (κ3) is 3.07. The van der Waals surface area contributed by atoms with E-state index in [1.165, 1.54) is 12.3 Å². The fraction of sp³-hybridized carbons (Fsp3) is 0.571. The second-order valence-electron chi connectivity index (χ2n) is 5.39. The van der Waals surface area contributed by atoms with Crippen LogP contribution in [0.15, 0.2) is 12.3 Å². The molecule has 0 aliphatic carbocycles. The number of amides is 1. The van der Waals surface area contributed by atoms with Gasteiger partial charge in [0.2, 0.25) is 0 Å². The molecule has 0 saturated carbocycles. The van der Waals surface area contributed by atoms with Crippen LogP contribution < -0.4 is 5.32 Å². The van der Waals surface area contributed by atoms with Crippen molar-refractivity contribution < 1.29 is 13.9 Å². The van der Waals surface area contributed by atoms with Gasteiger partial charge in [0.15, 0.2) is 11.6 Å². The topological polar surface area (TPSA) is 54.5 Å². The van der Waals surface area contributed by atoms with E-state index in [1.54, 1.807) is 4.90 Å². The standard InChI is InChI=1S/C14H20FN3O2/c1-4-16-12-11(15)10(5-6-17-12)13(19)18-7-8-20-14(2,3)9-18/h5-6H,4,7-9H2,1-3H3,(H,16,17). The predicted octanol–water partition coefficient (Wildman–Crippen LogP) is 1.90. The summed E-state index contributed by atoms with van der Waals surface area (Å²) in [7, 11) is 0. The highest BCUT2D eigenvalue weighted by Crippen LogP contribution is 2.21. The van der Waals surface area contributed by atoms with Crippen LogP contribution in [0.1, 0.15) is 31.1 Å². The Bertz CT molecular complexity index is 505. The maximum atomic E-state index is 14.3. The molecular weight excluding hydrogens is 261 g/mol. The number of carbonyl (C=O) groups is 1. The first-order valence-electron chi connectivity index (χ1n) is 6.76. The van der Waals surface area contributed by atoms with Crippen molar-refractivity contribution >= 4 is 11.7 Å². The zero-order valence-corrected chi connectivity index (χ0v) is 12.1. The number of halogens is 1. The van der Waals surface area contributed by atoms with Crippen molar-refractivity contribution in [2.24, 2.45) is 0 Å². The smallest absolute Gasteiger partial charge is 0.257 e. The van der Waals surface area contributed by atoms with E-state index < -0.39 is 11.4 Å². The lowest BCUT2D eigenvalue weighted by Gasteiger charge is -2.38. The summed E-state index contributed by atoms with van der Waals surface area (Å²) in [5.74, 6) is -0.796.